The maximum atomic E-state index is 10.3. The summed E-state index contributed by atoms with van der Waals surface area (Å²) in [6.45, 7) is 8.26. The number of anilines is 3. The van der Waals surface area contributed by atoms with Gasteiger partial charge in [0.2, 0.25) is 5.95 Å². The Balaban J connectivity index is 1.66. The topological polar surface area (TPSA) is 114 Å². The van der Waals surface area contributed by atoms with Crippen LogP contribution in [0.2, 0.25) is 0 Å². The lowest BCUT2D eigenvalue weighted by Gasteiger charge is -2.16. The molecule has 3 N–H and O–H groups in total. The fraction of sp³-hybridized carbons (Fsp3) is 0.348. The average Bonchev–Trinajstić information content (AvgIpc) is 3.19. The van der Waals surface area contributed by atoms with Crippen molar-refractivity contribution in [1.82, 2.24) is 29.5 Å². The zero-order valence-corrected chi connectivity index (χ0v) is 18.7. The lowest BCUT2D eigenvalue weighted by molar-refractivity contribution is 0.175. The number of hydrogen-bond acceptors (Lipinski definition) is 8. The minimum Gasteiger partial charge on any atom is -0.374 e. The van der Waals surface area contributed by atoms with Crippen molar-refractivity contribution in [3.8, 4) is 11.1 Å². The van der Waals surface area contributed by atoms with Gasteiger partial charge in [-0.05, 0) is 43.9 Å². The molecule has 166 valence electrons. The Morgan fingerprint density at radius 3 is 2.34 bits per heavy atom. The van der Waals surface area contributed by atoms with E-state index in [-0.39, 0.29) is 6.04 Å². The molecule has 32 heavy (non-hydrogen) atoms. The first-order chi connectivity index (χ1) is 15.4. The first-order valence-electron chi connectivity index (χ1n) is 10.7. The van der Waals surface area contributed by atoms with Crippen molar-refractivity contribution in [2.75, 3.05) is 10.6 Å². The van der Waals surface area contributed by atoms with Gasteiger partial charge in [0.15, 0.2) is 17.0 Å². The van der Waals surface area contributed by atoms with Gasteiger partial charge < -0.3 is 20.3 Å². The molecular formula is C23H28N8O. The molecule has 0 saturated heterocycles. The highest BCUT2D eigenvalue weighted by atomic mass is 16.3. The molecule has 3 heterocycles. The van der Waals surface area contributed by atoms with Crippen molar-refractivity contribution in [2.45, 2.75) is 46.4 Å². The standard InChI is InChI=1S/C23H28N8O/c1-14(2)9-19(32)28-23-29-21(20-22(30-23)31(13-26-20)15(3)4)27-18-7-5-16(6-8-18)17-10-24-12-25-11-17/h5-8,10-15,19,32H,9H2,1-4H3,(H2,27,28,29,30)/t19-/m1/s1. The van der Waals surface area contributed by atoms with Crippen LogP contribution in [0.25, 0.3) is 22.3 Å². The van der Waals surface area contributed by atoms with Gasteiger partial charge in [-0.25, -0.2) is 15.0 Å². The smallest absolute Gasteiger partial charge is 0.228 e. The second-order valence-corrected chi connectivity index (χ2v) is 8.43. The molecule has 0 aliphatic rings. The summed E-state index contributed by atoms with van der Waals surface area (Å²) in [5, 5.41) is 16.7. The van der Waals surface area contributed by atoms with Gasteiger partial charge in [-0.3, -0.25) is 0 Å². The van der Waals surface area contributed by atoms with E-state index in [4.69, 9.17) is 0 Å². The average molecular weight is 433 g/mol. The van der Waals surface area contributed by atoms with Gasteiger partial charge in [-0.2, -0.15) is 9.97 Å². The van der Waals surface area contributed by atoms with Crippen molar-refractivity contribution in [1.29, 1.82) is 0 Å². The number of fused-ring (bicyclic) bond motifs is 1. The maximum absolute atomic E-state index is 10.3. The summed E-state index contributed by atoms with van der Waals surface area (Å²) in [5.41, 5.74) is 4.20. The summed E-state index contributed by atoms with van der Waals surface area (Å²) in [5.74, 6) is 1.27. The largest absolute Gasteiger partial charge is 0.374 e. The summed E-state index contributed by atoms with van der Waals surface area (Å²) >= 11 is 0. The van der Waals surface area contributed by atoms with Crippen LogP contribution in [0.1, 0.15) is 40.2 Å². The van der Waals surface area contributed by atoms with Crippen LogP contribution in [-0.4, -0.2) is 40.8 Å². The number of hydrogen-bond donors (Lipinski definition) is 3. The predicted molar refractivity (Wildman–Crippen MR) is 126 cm³/mol. The van der Waals surface area contributed by atoms with Gasteiger partial charge in [0.05, 0.1) is 6.33 Å². The number of nitrogens with zero attached hydrogens (tertiary/aromatic N) is 6. The van der Waals surface area contributed by atoms with Gasteiger partial charge in [-0.1, -0.05) is 26.0 Å². The molecule has 0 saturated carbocycles. The quantitative estimate of drug-likeness (QED) is 0.351. The van der Waals surface area contributed by atoms with E-state index < -0.39 is 6.23 Å². The SMILES string of the molecule is CC(C)C[C@@H](O)Nc1nc(Nc2ccc(-c3cncnc3)cc2)c2ncn(C(C)C)c2n1. The number of nitrogens with one attached hydrogen (secondary N) is 2. The molecule has 9 heteroatoms. The van der Waals surface area contributed by atoms with Gasteiger partial charge in [-0.15, -0.1) is 0 Å². The minimum atomic E-state index is -0.733. The van der Waals surface area contributed by atoms with Gasteiger partial charge in [0.25, 0.3) is 0 Å². The molecule has 0 spiro atoms. The fourth-order valence-corrected chi connectivity index (χ4v) is 3.43. The van der Waals surface area contributed by atoms with Crippen molar-refractivity contribution in [3.05, 3.63) is 49.3 Å². The summed E-state index contributed by atoms with van der Waals surface area (Å²) in [6.07, 6.45) is 6.70. The summed E-state index contributed by atoms with van der Waals surface area (Å²) in [4.78, 5) is 21.9. The molecule has 0 fully saturated rings. The zero-order valence-electron chi connectivity index (χ0n) is 18.7. The Hall–Kier alpha value is -3.59. The number of benzene rings is 1. The van der Waals surface area contributed by atoms with Crippen LogP contribution in [0.15, 0.2) is 49.3 Å². The van der Waals surface area contributed by atoms with Crippen LogP contribution in [0, 0.1) is 5.92 Å². The third kappa shape index (κ3) is 4.83. The molecule has 1 aromatic carbocycles. The first-order valence-corrected chi connectivity index (χ1v) is 10.7. The molecule has 4 aromatic rings. The second-order valence-electron chi connectivity index (χ2n) is 8.43. The van der Waals surface area contributed by atoms with Crippen molar-refractivity contribution in [2.24, 2.45) is 5.92 Å². The highest BCUT2D eigenvalue weighted by Crippen LogP contribution is 2.27. The van der Waals surface area contributed by atoms with Crippen LogP contribution in [0.5, 0.6) is 0 Å². The lowest BCUT2D eigenvalue weighted by atomic mass is 10.1. The molecule has 9 nitrogen and oxygen atoms in total. The van der Waals surface area contributed by atoms with E-state index in [1.54, 1.807) is 18.7 Å². The lowest BCUT2D eigenvalue weighted by Crippen LogP contribution is -2.22. The first kappa shape index (κ1) is 21.6. The molecule has 0 bridgehead atoms. The molecule has 0 aliphatic carbocycles. The van der Waals surface area contributed by atoms with Crippen molar-refractivity contribution in [3.63, 3.8) is 0 Å². The zero-order chi connectivity index (χ0) is 22.7. The third-order valence-corrected chi connectivity index (χ3v) is 5.01. The monoisotopic (exact) mass is 432 g/mol. The molecule has 0 unspecified atom stereocenters. The Morgan fingerprint density at radius 1 is 0.969 bits per heavy atom. The second kappa shape index (κ2) is 9.27. The summed E-state index contributed by atoms with van der Waals surface area (Å²) < 4.78 is 1.99. The fourth-order valence-electron chi connectivity index (χ4n) is 3.43. The van der Waals surface area contributed by atoms with Crippen molar-refractivity contribution < 1.29 is 5.11 Å². The molecule has 3 aromatic heterocycles. The molecule has 0 radical (unpaired) electrons. The van der Waals surface area contributed by atoms with Crippen LogP contribution in [0.4, 0.5) is 17.5 Å². The van der Waals surface area contributed by atoms with Crippen LogP contribution in [0.3, 0.4) is 0 Å². The van der Waals surface area contributed by atoms with Gasteiger partial charge in [0, 0.05) is 29.7 Å². The third-order valence-electron chi connectivity index (χ3n) is 5.01. The maximum Gasteiger partial charge on any atom is 0.228 e. The molecule has 0 amide bonds. The van der Waals surface area contributed by atoms with E-state index in [9.17, 15) is 5.11 Å². The molecular weight excluding hydrogens is 404 g/mol. The van der Waals surface area contributed by atoms with Gasteiger partial charge in [0.1, 0.15) is 12.6 Å². The molecule has 1 atom stereocenters. The van der Waals surface area contributed by atoms with Crippen LogP contribution >= 0.6 is 0 Å². The Labute approximate surface area is 187 Å². The predicted octanol–water partition coefficient (Wildman–Crippen LogP) is 4.38. The number of rotatable bonds is 8. The Morgan fingerprint density at radius 2 is 1.69 bits per heavy atom. The number of aliphatic hydroxyl groups is 1. The van der Waals surface area contributed by atoms with Crippen LogP contribution in [-0.2, 0) is 0 Å². The van der Waals surface area contributed by atoms with E-state index in [0.29, 0.717) is 35.3 Å². The Bertz CT molecular complexity index is 1170. The highest BCUT2D eigenvalue weighted by molar-refractivity contribution is 5.86. The van der Waals surface area contributed by atoms with E-state index >= 15 is 0 Å². The van der Waals surface area contributed by atoms with Crippen molar-refractivity contribution >= 4 is 28.6 Å². The minimum absolute atomic E-state index is 0.184. The van der Waals surface area contributed by atoms with Gasteiger partial charge >= 0.3 is 0 Å². The number of imidazole rings is 1. The summed E-state index contributed by atoms with van der Waals surface area (Å²) in [6, 6.07) is 8.12. The van der Waals surface area contributed by atoms with E-state index in [1.165, 1.54) is 6.33 Å². The summed E-state index contributed by atoms with van der Waals surface area (Å²) in [7, 11) is 0. The van der Waals surface area contributed by atoms with Crippen LogP contribution < -0.4 is 10.6 Å². The number of aliphatic hydroxyl groups excluding tert-OH is 1. The molecule has 0 aliphatic heterocycles. The highest BCUT2D eigenvalue weighted by Gasteiger charge is 2.17. The van der Waals surface area contributed by atoms with E-state index in [1.807, 2.05) is 28.8 Å². The molecule has 4 rings (SSSR count). The van der Waals surface area contributed by atoms with E-state index in [2.05, 4.69) is 63.2 Å². The Kier molecular flexibility index (Phi) is 6.27. The number of aromatic nitrogens is 6. The van der Waals surface area contributed by atoms with E-state index in [0.717, 1.165) is 16.8 Å². The normalized spacial score (nSPS) is 12.5.